The number of hydroxylamine groups is 1. The predicted molar refractivity (Wildman–Crippen MR) is 125 cm³/mol. The maximum atomic E-state index is 13.7. The number of carbonyl (C=O) groups is 1. The highest BCUT2D eigenvalue weighted by Crippen LogP contribution is 2.35. The van der Waals surface area contributed by atoms with Crippen molar-refractivity contribution in [3.63, 3.8) is 0 Å². The molecular formula is C23H27BrN2O6S. The maximum absolute atomic E-state index is 13.7. The van der Waals surface area contributed by atoms with Crippen LogP contribution < -0.4 is 15.0 Å². The lowest BCUT2D eigenvalue weighted by Crippen LogP contribution is -2.38. The van der Waals surface area contributed by atoms with E-state index in [1.807, 2.05) is 24.3 Å². The second kappa shape index (κ2) is 10.4. The molecule has 0 bridgehead atoms. The first-order valence-corrected chi connectivity index (χ1v) is 13.2. The van der Waals surface area contributed by atoms with Gasteiger partial charge < -0.3 is 9.47 Å². The highest BCUT2D eigenvalue weighted by atomic mass is 79.9. The van der Waals surface area contributed by atoms with E-state index in [2.05, 4.69) is 15.9 Å². The van der Waals surface area contributed by atoms with Crippen molar-refractivity contribution in [1.82, 2.24) is 9.79 Å². The van der Waals surface area contributed by atoms with E-state index in [0.717, 1.165) is 10.0 Å². The first-order valence-electron chi connectivity index (χ1n) is 10.9. The van der Waals surface area contributed by atoms with Crippen molar-refractivity contribution in [2.75, 3.05) is 19.8 Å². The molecule has 8 nitrogen and oxygen atoms in total. The van der Waals surface area contributed by atoms with E-state index in [1.165, 1.54) is 10.4 Å². The summed E-state index contributed by atoms with van der Waals surface area (Å²) in [4.78, 5) is 11.9. The molecular weight excluding hydrogens is 512 g/mol. The quantitative estimate of drug-likeness (QED) is 0.411. The van der Waals surface area contributed by atoms with Gasteiger partial charge in [-0.05, 0) is 61.4 Å². The van der Waals surface area contributed by atoms with Crippen LogP contribution in [0.2, 0.25) is 0 Å². The molecule has 0 atom stereocenters. The van der Waals surface area contributed by atoms with Gasteiger partial charge in [0.2, 0.25) is 15.9 Å². The smallest absolute Gasteiger partial charge is 0.246 e. The molecule has 10 heteroatoms. The average Bonchev–Trinajstić information content (AvgIpc) is 2.83. The molecule has 0 saturated heterocycles. The molecule has 1 saturated carbocycles. The number of hydrogen-bond donors (Lipinski definition) is 2. The SMILES string of the molecule is O=C(NO)C1CCC(CN(Cc2cccc(Br)c2)S(=O)(=O)c2ccc3c(c2)OCCO3)CC1. The number of fused-ring (bicyclic) bond motifs is 1. The number of nitrogens with zero attached hydrogens (tertiary/aromatic N) is 1. The van der Waals surface area contributed by atoms with Gasteiger partial charge in [-0.3, -0.25) is 10.0 Å². The molecule has 1 aliphatic carbocycles. The zero-order chi connectivity index (χ0) is 23.4. The van der Waals surface area contributed by atoms with Crippen LogP contribution in [-0.4, -0.2) is 43.6 Å². The van der Waals surface area contributed by atoms with Crippen LogP contribution in [0.5, 0.6) is 11.5 Å². The van der Waals surface area contributed by atoms with Gasteiger partial charge in [-0.25, -0.2) is 13.9 Å². The minimum atomic E-state index is -3.82. The number of hydrogen-bond acceptors (Lipinski definition) is 6. The van der Waals surface area contributed by atoms with Crippen LogP contribution >= 0.6 is 15.9 Å². The Morgan fingerprint density at radius 3 is 2.48 bits per heavy atom. The monoisotopic (exact) mass is 538 g/mol. The summed E-state index contributed by atoms with van der Waals surface area (Å²) in [6.07, 6.45) is 2.66. The van der Waals surface area contributed by atoms with Crippen LogP contribution in [0, 0.1) is 11.8 Å². The third-order valence-corrected chi connectivity index (χ3v) is 8.49. The fourth-order valence-electron chi connectivity index (χ4n) is 4.41. The van der Waals surface area contributed by atoms with Gasteiger partial charge in [0.15, 0.2) is 11.5 Å². The van der Waals surface area contributed by atoms with E-state index in [9.17, 15) is 13.2 Å². The maximum Gasteiger partial charge on any atom is 0.246 e. The molecule has 1 aliphatic heterocycles. The van der Waals surface area contributed by atoms with Crippen molar-refractivity contribution in [1.29, 1.82) is 0 Å². The number of nitrogens with one attached hydrogen (secondary N) is 1. The topological polar surface area (TPSA) is 105 Å². The number of benzene rings is 2. The third-order valence-electron chi connectivity index (χ3n) is 6.19. The Hall–Kier alpha value is -2.14. The lowest BCUT2D eigenvalue weighted by Gasteiger charge is -2.32. The number of rotatable bonds is 7. The van der Waals surface area contributed by atoms with Gasteiger partial charge >= 0.3 is 0 Å². The lowest BCUT2D eigenvalue weighted by atomic mass is 9.81. The molecule has 1 amide bonds. The first-order chi connectivity index (χ1) is 15.9. The summed E-state index contributed by atoms with van der Waals surface area (Å²) in [7, 11) is -3.82. The van der Waals surface area contributed by atoms with Crippen LogP contribution in [0.25, 0.3) is 0 Å². The molecule has 33 heavy (non-hydrogen) atoms. The Morgan fingerprint density at radius 2 is 1.79 bits per heavy atom. The summed E-state index contributed by atoms with van der Waals surface area (Å²) in [5.74, 6) is 0.480. The number of amides is 1. The molecule has 0 aromatic heterocycles. The first kappa shape index (κ1) is 24.0. The Morgan fingerprint density at radius 1 is 1.06 bits per heavy atom. The van der Waals surface area contributed by atoms with Gasteiger partial charge in [0.1, 0.15) is 13.2 Å². The van der Waals surface area contributed by atoms with Crippen molar-refractivity contribution >= 4 is 31.9 Å². The third kappa shape index (κ3) is 5.68. The number of carbonyl (C=O) groups excluding carboxylic acids is 1. The highest BCUT2D eigenvalue weighted by Gasteiger charge is 2.32. The minimum Gasteiger partial charge on any atom is -0.486 e. The molecule has 178 valence electrons. The molecule has 0 radical (unpaired) electrons. The molecule has 4 rings (SSSR count). The summed E-state index contributed by atoms with van der Waals surface area (Å²) >= 11 is 3.46. The van der Waals surface area contributed by atoms with Gasteiger partial charge in [0.05, 0.1) is 4.90 Å². The van der Waals surface area contributed by atoms with Crippen molar-refractivity contribution < 1.29 is 27.9 Å². The van der Waals surface area contributed by atoms with Gasteiger partial charge in [0, 0.05) is 29.5 Å². The second-order valence-corrected chi connectivity index (χ2v) is 11.3. The Labute approximate surface area is 202 Å². The Balaban J connectivity index is 1.57. The van der Waals surface area contributed by atoms with Crippen LogP contribution in [0.4, 0.5) is 0 Å². The summed E-state index contributed by atoms with van der Waals surface area (Å²) in [5.41, 5.74) is 2.60. The second-order valence-electron chi connectivity index (χ2n) is 8.43. The van der Waals surface area contributed by atoms with Crippen LogP contribution in [-0.2, 0) is 21.4 Å². The van der Waals surface area contributed by atoms with Crippen molar-refractivity contribution in [2.45, 2.75) is 37.1 Å². The molecule has 2 aliphatic rings. The van der Waals surface area contributed by atoms with Gasteiger partial charge in [-0.15, -0.1) is 0 Å². The van der Waals surface area contributed by atoms with Gasteiger partial charge in [-0.2, -0.15) is 4.31 Å². The van der Waals surface area contributed by atoms with Crippen LogP contribution in [0.3, 0.4) is 0 Å². The van der Waals surface area contributed by atoms with Crippen LogP contribution in [0.1, 0.15) is 31.2 Å². The largest absolute Gasteiger partial charge is 0.486 e. The predicted octanol–water partition coefficient (Wildman–Crippen LogP) is 3.72. The molecule has 1 fully saturated rings. The van der Waals surface area contributed by atoms with E-state index in [0.29, 0.717) is 56.9 Å². The van der Waals surface area contributed by atoms with E-state index < -0.39 is 10.0 Å². The Kier molecular flexibility index (Phi) is 7.58. The van der Waals surface area contributed by atoms with Crippen LogP contribution in [0.15, 0.2) is 51.8 Å². The fraction of sp³-hybridized carbons (Fsp3) is 0.435. The Bertz CT molecular complexity index is 1100. The summed E-state index contributed by atoms with van der Waals surface area (Å²) in [5, 5.41) is 8.89. The number of halogens is 1. The number of sulfonamides is 1. The molecule has 0 unspecified atom stereocenters. The normalized spacial score (nSPS) is 20.5. The van der Waals surface area contributed by atoms with E-state index in [1.54, 1.807) is 17.6 Å². The van der Waals surface area contributed by atoms with Crippen molar-refractivity contribution in [3.8, 4) is 11.5 Å². The summed E-state index contributed by atoms with van der Waals surface area (Å²) < 4.78 is 41.0. The number of ether oxygens (including phenoxy) is 2. The molecule has 2 N–H and O–H groups in total. The minimum absolute atomic E-state index is 0.117. The standard InChI is InChI=1S/C23H27BrN2O6S/c24-19-3-1-2-17(12-19)15-26(14-16-4-6-18(7-5-16)23(27)25-28)33(29,30)20-8-9-21-22(13-20)32-11-10-31-21/h1-3,8-9,12-13,16,18,28H,4-7,10-11,14-15H2,(H,25,27). The molecule has 2 aromatic rings. The van der Waals surface area contributed by atoms with Crippen molar-refractivity contribution in [3.05, 3.63) is 52.5 Å². The fourth-order valence-corrected chi connectivity index (χ4v) is 6.37. The molecule has 2 aromatic carbocycles. The molecule has 0 spiro atoms. The summed E-state index contributed by atoms with van der Waals surface area (Å²) in [6, 6.07) is 12.3. The van der Waals surface area contributed by atoms with Gasteiger partial charge in [-0.1, -0.05) is 28.1 Å². The molecule has 1 heterocycles. The van der Waals surface area contributed by atoms with Crippen molar-refractivity contribution in [2.24, 2.45) is 11.8 Å². The van der Waals surface area contributed by atoms with E-state index in [-0.39, 0.29) is 29.2 Å². The lowest BCUT2D eigenvalue weighted by molar-refractivity contribution is -0.134. The van der Waals surface area contributed by atoms with E-state index in [4.69, 9.17) is 14.7 Å². The zero-order valence-electron chi connectivity index (χ0n) is 18.1. The van der Waals surface area contributed by atoms with Gasteiger partial charge in [0.25, 0.3) is 0 Å². The highest BCUT2D eigenvalue weighted by molar-refractivity contribution is 9.10. The zero-order valence-corrected chi connectivity index (χ0v) is 20.5. The van der Waals surface area contributed by atoms with E-state index >= 15 is 0 Å². The average molecular weight is 539 g/mol. The summed E-state index contributed by atoms with van der Waals surface area (Å²) in [6.45, 7) is 1.39.